The maximum atomic E-state index is 14.2. The van der Waals surface area contributed by atoms with Crippen molar-refractivity contribution >= 4 is 11.4 Å². The fraction of sp³-hybridized carbons (Fsp3) is 0.538. The van der Waals surface area contributed by atoms with Crippen LogP contribution >= 0.6 is 0 Å². The predicted molar refractivity (Wildman–Crippen MR) is 73.0 cm³/mol. The highest BCUT2D eigenvalue weighted by molar-refractivity contribution is 5.58. The van der Waals surface area contributed by atoms with E-state index in [9.17, 15) is 37.8 Å². The minimum absolute atomic E-state index is 0.0649. The highest BCUT2D eigenvalue weighted by Crippen LogP contribution is 2.50. The molecule has 0 aromatic heterocycles. The predicted octanol–water partition coefficient (Wildman–Crippen LogP) is 4.55. The molecular formula is C13H14F4N2O4. The highest BCUT2D eigenvalue weighted by Gasteiger charge is 2.58. The monoisotopic (exact) mass is 338 g/mol. The Morgan fingerprint density at radius 1 is 0.913 bits per heavy atom. The molecule has 10 heteroatoms. The summed E-state index contributed by atoms with van der Waals surface area (Å²) in [7, 11) is 0. The molecule has 0 aliphatic carbocycles. The molecule has 1 aromatic carbocycles. The summed E-state index contributed by atoms with van der Waals surface area (Å²) in [4.78, 5) is 19.6. The van der Waals surface area contributed by atoms with Gasteiger partial charge in [0.1, 0.15) is 5.56 Å². The molecule has 1 aromatic rings. The van der Waals surface area contributed by atoms with Gasteiger partial charge in [0.2, 0.25) is 0 Å². The van der Waals surface area contributed by atoms with Crippen LogP contribution in [-0.2, 0) is 11.3 Å². The molecule has 0 aliphatic heterocycles. The van der Waals surface area contributed by atoms with E-state index in [0.717, 1.165) is 0 Å². The molecule has 0 fully saturated rings. The zero-order chi connectivity index (χ0) is 18.4. The van der Waals surface area contributed by atoms with Crippen LogP contribution in [0.2, 0.25) is 0 Å². The van der Waals surface area contributed by atoms with E-state index in [1.165, 1.54) is 20.8 Å². The Bertz CT molecular complexity index is 663. The third-order valence-corrected chi connectivity index (χ3v) is 3.18. The number of hydrogen-bond donors (Lipinski definition) is 0. The molecule has 0 heterocycles. The van der Waals surface area contributed by atoms with E-state index in [-0.39, 0.29) is 13.0 Å². The maximum Gasteiger partial charge on any atom is 0.341 e. The topological polar surface area (TPSA) is 86.3 Å². The van der Waals surface area contributed by atoms with Crippen LogP contribution in [0.4, 0.5) is 28.9 Å². The second-order valence-corrected chi connectivity index (χ2v) is 6.11. The van der Waals surface area contributed by atoms with Crippen LogP contribution in [-0.4, -0.2) is 15.8 Å². The second-order valence-electron chi connectivity index (χ2n) is 6.11. The molecule has 6 nitrogen and oxygen atoms in total. The van der Waals surface area contributed by atoms with Crippen molar-refractivity contribution in [3.63, 3.8) is 0 Å². The summed E-state index contributed by atoms with van der Waals surface area (Å²) in [6.07, 6.45) is 0. The van der Waals surface area contributed by atoms with Crippen LogP contribution in [0.3, 0.4) is 0 Å². The summed E-state index contributed by atoms with van der Waals surface area (Å²) >= 11 is 0. The summed E-state index contributed by atoms with van der Waals surface area (Å²) in [5.41, 5.74) is -5.57. The Balaban J connectivity index is 4.00. The lowest BCUT2D eigenvalue weighted by Crippen LogP contribution is -2.38. The number of hydrogen-bond acceptors (Lipinski definition) is 4. The molecule has 0 aliphatic rings. The van der Waals surface area contributed by atoms with Gasteiger partial charge in [0.05, 0.1) is 15.9 Å². The number of halogens is 4. The van der Waals surface area contributed by atoms with Crippen molar-refractivity contribution in [2.45, 2.75) is 45.0 Å². The summed E-state index contributed by atoms with van der Waals surface area (Å²) < 4.78 is 55.1. The highest BCUT2D eigenvalue weighted by atomic mass is 19.3. The van der Waals surface area contributed by atoms with Crippen molar-refractivity contribution in [3.8, 4) is 0 Å². The van der Waals surface area contributed by atoms with E-state index >= 15 is 0 Å². The molecule has 23 heavy (non-hydrogen) atoms. The van der Waals surface area contributed by atoms with E-state index in [1.807, 2.05) is 0 Å². The van der Waals surface area contributed by atoms with Crippen molar-refractivity contribution in [1.29, 1.82) is 0 Å². The molecule has 0 bridgehead atoms. The van der Waals surface area contributed by atoms with Crippen LogP contribution in [0.5, 0.6) is 0 Å². The molecule has 0 N–H and O–H groups in total. The van der Waals surface area contributed by atoms with Crippen LogP contribution < -0.4 is 0 Å². The standard InChI is InChI=1S/C13H14F4N2O4/c1-11(2,3)8-5-7(18(20)21)6-9(19(22)23)10(8)13(16,17)12(4,14)15/h5-6H,1-4H3. The van der Waals surface area contributed by atoms with Crippen molar-refractivity contribution in [1.82, 2.24) is 0 Å². The molecule has 0 saturated carbocycles. The Hall–Kier alpha value is -2.26. The van der Waals surface area contributed by atoms with E-state index in [2.05, 4.69) is 0 Å². The van der Waals surface area contributed by atoms with Crippen LogP contribution in [0.25, 0.3) is 0 Å². The van der Waals surface area contributed by atoms with Crippen LogP contribution in [0.1, 0.15) is 38.8 Å². The van der Waals surface area contributed by atoms with Crippen molar-refractivity contribution in [2.24, 2.45) is 0 Å². The fourth-order valence-corrected chi connectivity index (χ4v) is 2.00. The molecule has 0 atom stereocenters. The molecule has 0 radical (unpaired) electrons. The van der Waals surface area contributed by atoms with Crippen LogP contribution in [0, 0.1) is 20.2 Å². The van der Waals surface area contributed by atoms with Gasteiger partial charge in [-0.15, -0.1) is 0 Å². The number of nitro groups is 2. The smallest absolute Gasteiger partial charge is 0.258 e. The molecule has 0 amide bonds. The van der Waals surface area contributed by atoms with Crippen molar-refractivity contribution in [2.75, 3.05) is 0 Å². The number of rotatable bonds is 4. The number of nitro benzene ring substituents is 2. The minimum atomic E-state index is -4.87. The third-order valence-electron chi connectivity index (χ3n) is 3.18. The van der Waals surface area contributed by atoms with Gasteiger partial charge in [0, 0.05) is 13.0 Å². The summed E-state index contributed by atoms with van der Waals surface area (Å²) in [6, 6.07) is 0.937. The number of non-ortho nitro benzene ring substituents is 1. The summed E-state index contributed by atoms with van der Waals surface area (Å²) in [5.74, 6) is -9.46. The van der Waals surface area contributed by atoms with E-state index in [1.54, 1.807) is 0 Å². The first kappa shape index (κ1) is 18.8. The molecule has 0 unspecified atom stereocenters. The van der Waals surface area contributed by atoms with Crippen molar-refractivity contribution < 1.29 is 27.4 Å². The van der Waals surface area contributed by atoms with Gasteiger partial charge >= 0.3 is 11.8 Å². The van der Waals surface area contributed by atoms with Gasteiger partial charge in [-0.05, 0) is 11.0 Å². The number of benzene rings is 1. The van der Waals surface area contributed by atoms with Gasteiger partial charge in [-0.25, -0.2) is 0 Å². The Kier molecular flexibility index (Phi) is 4.43. The largest absolute Gasteiger partial charge is 0.341 e. The normalized spacial score (nSPS) is 13.0. The Morgan fingerprint density at radius 2 is 1.39 bits per heavy atom. The number of alkyl halides is 4. The molecule has 128 valence electrons. The molecule has 1 rings (SSSR count). The number of nitrogens with zero attached hydrogens (tertiary/aromatic N) is 2. The molecular weight excluding hydrogens is 324 g/mol. The summed E-state index contributed by atoms with van der Waals surface area (Å²) in [5, 5.41) is 21.9. The quantitative estimate of drug-likeness (QED) is 0.458. The van der Waals surface area contributed by atoms with E-state index < -0.39 is 49.6 Å². The zero-order valence-corrected chi connectivity index (χ0v) is 12.7. The summed E-state index contributed by atoms with van der Waals surface area (Å²) in [6.45, 7) is 3.94. The lowest BCUT2D eigenvalue weighted by atomic mass is 9.80. The maximum absolute atomic E-state index is 14.2. The first-order valence-electron chi connectivity index (χ1n) is 6.34. The van der Waals surface area contributed by atoms with Gasteiger partial charge in [-0.3, -0.25) is 20.2 Å². The van der Waals surface area contributed by atoms with Gasteiger partial charge in [-0.1, -0.05) is 20.8 Å². The van der Waals surface area contributed by atoms with Gasteiger partial charge in [0.15, 0.2) is 0 Å². The van der Waals surface area contributed by atoms with Gasteiger partial charge in [0.25, 0.3) is 11.4 Å². The lowest BCUT2D eigenvalue weighted by molar-refractivity contribution is -0.396. The zero-order valence-electron chi connectivity index (χ0n) is 12.7. The Labute approximate surface area is 128 Å². The lowest BCUT2D eigenvalue weighted by Gasteiger charge is -2.29. The molecule has 0 spiro atoms. The average molecular weight is 338 g/mol. The SMILES string of the molecule is CC(C)(C)c1cc([N+](=O)[O-])cc([N+](=O)[O-])c1C(F)(F)C(C)(F)F. The first-order chi connectivity index (χ1) is 10.1. The first-order valence-corrected chi connectivity index (χ1v) is 6.34. The minimum Gasteiger partial charge on any atom is -0.258 e. The molecule has 0 saturated heterocycles. The van der Waals surface area contributed by atoms with E-state index in [0.29, 0.717) is 6.07 Å². The fourth-order valence-electron chi connectivity index (χ4n) is 2.00. The Morgan fingerprint density at radius 3 is 1.70 bits per heavy atom. The van der Waals surface area contributed by atoms with E-state index in [4.69, 9.17) is 0 Å². The third kappa shape index (κ3) is 3.40. The second kappa shape index (κ2) is 5.43. The van der Waals surface area contributed by atoms with Gasteiger partial charge < -0.3 is 0 Å². The average Bonchev–Trinajstić information content (AvgIpc) is 2.34. The van der Waals surface area contributed by atoms with Crippen molar-refractivity contribution in [3.05, 3.63) is 43.5 Å². The van der Waals surface area contributed by atoms with Gasteiger partial charge in [-0.2, -0.15) is 17.6 Å². The van der Waals surface area contributed by atoms with Crippen LogP contribution in [0.15, 0.2) is 12.1 Å².